The molecule has 0 atom stereocenters. The van der Waals surface area contributed by atoms with Gasteiger partial charge in [-0.3, -0.25) is 0 Å². The highest BCUT2D eigenvalue weighted by atomic mass is 35.5. The lowest BCUT2D eigenvalue weighted by Gasteiger charge is -2.01. The van der Waals surface area contributed by atoms with E-state index in [4.69, 9.17) is 16.0 Å². The first-order chi connectivity index (χ1) is 11.6. The van der Waals surface area contributed by atoms with Gasteiger partial charge in [-0.2, -0.15) is 0 Å². The van der Waals surface area contributed by atoms with Gasteiger partial charge in [-0.25, -0.2) is 9.78 Å². The summed E-state index contributed by atoms with van der Waals surface area (Å²) in [7, 11) is 0. The summed E-state index contributed by atoms with van der Waals surface area (Å²) in [4.78, 5) is 16.8. The molecule has 24 heavy (non-hydrogen) atoms. The van der Waals surface area contributed by atoms with Crippen LogP contribution in [0.3, 0.4) is 0 Å². The minimum Gasteiger partial charge on any atom is -0.508 e. The summed E-state index contributed by atoms with van der Waals surface area (Å²) in [6.07, 6.45) is 0. The zero-order chi connectivity index (χ0) is 16.7. The van der Waals surface area contributed by atoms with Crippen molar-refractivity contribution in [2.75, 3.05) is 0 Å². The molecule has 6 heteroatoms. The van der Waals surface area contributed by atoms with Gasteiger partial charge in [0, 0.05) is 22.4 Å². The molecule has 0 saturated heterocycles. The lowest BCUT2D eigenvalue weighted by atomic mass is 10.1. The van der Waals surface area contributed by atoms with Crippen LogP contribution in [-0.4, -0.2) is 10.1 Å². The lowest BCUT2D eigenvalue weighted by molar-refractivity contribution is 0.473. The van der Waals surface area contributed by atoms with Crippen LogP contribution in [-0.2, 0) is 0 Å². The third-order valence-corrected chi connectivity index (χ3v) is 4.81. The molecule has 0 radical (unpaired) electrons. The molecule has 2 aromatic carbocycles. The van der Waals surface area contributed by atoms with E-state index in [2.05, 4.69) is 4.98 Å². The standard InChI is InChI=1S/C18H10ClNO3S/c19-14-4-2-1-3-12(14)17-20-15(9-24-17)13-7-10-5-6-11(21)8-16(10)23-18(13)22/h1-9,21H. The molecule has 118 valence electrons. The summed E-state index contributed by atoms with van der Waals surface area (Å²) >= 11 is 7.61. The van der Waals surface area contributed by atoms with E-state index in [0.717, 1.165) is 16.0 Å². The van der Waals surface area contributed by atoms with E-state index in [-0.39, 0.29) is 5.75 Å². The first-order valence-corrected chi connectivity index (χ1v) is 8.35. The lowest BCUT2D eigenvalue weighted by Crippen LogP contribution is -2.02. The fourth-order valence-corrected chi connectivity index (χ4v) is 3.57. The monoisotopic (exact) mass is 355 g/mol. The molecule has 4 nitrogen and oxygen atoms in total. The number of thiazole rings is 1. The topological polar surface area (TPSA) is 63.3 Å². The van der Waals surface area contributed by atoms with Gasteiger partial charge in [0.05, 0.1) is 16.3 Å². The molecule has 0 aliphatic carbocycles. The van der Waals surface area contributed by atoms with E-state index >= 15 is 0 Å². The number of halogens is 1. The quantitative estimate of drug-likeness (QED) is 0.517. The molecule has 1 N–H and O–H groups in total. The van der Waals surface area contributed by atoms with Gasteiger partial charge >= 0.3 is 5.63 Å². The number of phenolic OH excluding ortho intramolecular Hbond substituents is 1. The maximum atomic E-state index is 12.2. The molecular formula is C18H10ClNO3S. The van der Waals surface area contributed by atoms with E-state index in [1.54, 1.807) is 29.6 Å². The van der Waals surface area contributed by atoms with Gasteiger partial charge < -0.3 is 9.52 Å². The molecule has 0 amide bonds. The van der Waals surface area contributed by atoms with Gasteiger partial charge in [0.1, 0.15) is 16.3 Å². The smallest absolute Gasteiger partial charge is 0.345 e. The van der Waals surface area contributed by atoms with Crippen molar-refractivity contribution >= 4 is 33.9 Å². The average Bonchev–Trinajstić information content (AvgIpc) is 3.04. The van der Waals surface area contributed by atoms with Crippen molar-refractivity contribution in [1.29, 1.82) is 0 Å². The molecule has 2 heterocycles. The number of aromatic hydroxyl groups is 1. The van der Waals surface area contributed by atoms with Gasteiger partial charge in [0.2, 0.25) is 0 Å². The highest BCUT2D eigenvalue weighted by Gasteiger charge is 2.14. The molecule has 2 aromatic heterocycles. The number of fused-ring (bicyclic) bond motifs is 1. The Hall–Kier alpha value is -2.63. The van der Waals surface area contributed by atoms with Gasteiger partial charge in [0.25, 0.3) is 0 Å². The highest BCUT2D eigenvalue weighted by Crippen LogP contribution is 2.33. The number of phenols is 1. The number of nitrogens with zero attached hydrogens (tertiary/aromatic N) is 1. The molecule has 4 aromatic rings. The second kappa shape index (κ2) is 5.78. The summed E-state index contributed by atoms with van der Waals surface area (Å²) in [5.41, 5.74) is 1.58. The molecule has 4 rings (SSSR count). The second-order valence-corrected chi connectivity index (χ2v) is 6.45. The maximum Gasteiger partial charge on any atom is 0.345 e. The fourth-order valence-electron chi connectivity index (χ4n) is 2.43. The van der Waals surface area contributed by atoms with Crippen molar-refractivity contribution in [2.45, 2.75) is 0 Å². The van der Waals surface area contributed by atoms with Crippen LogP contribution in [0.5, 0.6) is 5.75 Å². The summed E-state index contributed by atoms with van der Waals surface area (Å²) < 4.78 is 5.29. The summed E-state index contributed by atoms with van der Waals surface area (Å²) in [6.45, 7) is 0. The molecule has 0 aliphatic heterocycles. The predicted octanol–water partition coefficient (Wildman–Crippen LogP) is 4.94. The van der Waals surface area contributed by atoms with Crippen molar-refractivity contribution in [3.63, 3.8) is 0 Å². The summed E-state index contributed by atoms with van der Waals surface area (Å²) in [5, 5.41) is 13.3. The van der Waals surface area contributed by atoms with E-state index in [1.807, 2.05) is 18.2 Å². The minimum atomic E-state index is -0.496. The Morgan fingerprint density at radius 2 is 1.92 bits per heavy atom. The third kappa shape index (κ3) is 2.58. The Labute approximate surface area is 145 Å². The van der Waals surface area contributed by atoms with E-state index in [1.165, 1.54) is 17.4 Å². The van der Waals surface area contributed by atoms with Gasteiger partial charge in [0.15, 0.2) is 0 Å². The fraction of sp³-hybridized carbons (Fsp3) is 0. The largest absolute Gasteiger partial charge is 0.508 e. The molecule has 0 fully saturated rings. The first-order valence-electron chi connectivity index (χ1n) is 7.09. The van der Waals surface area contributed by atoms with Crippen molar-refractivity contribution in [1.82, 2.24) is 4.98 Å². The number of hydrogen-bond donors (Lipinski definition) is 1. The van der Waals surface area contributed by atoms with Crippen LogP contribution >= 0.6 is 22.9 Å². The van der Waals surface area contributed by atoms with Crippen LogP contribution in [0.15, 0.2) is 63.1 Å². The highest BCUT2D eigenvalue weighted by molar-refractivity contribution is 7.13. The van der Waals surface area contributed by atoms with Gasteiger partial charge in [-0.1, -0.05) is 29.8 Å². The molecule has 0 saturated carbocycles. The zero-order valence-corrected chi connectivity index (χ0v) is 13.8. The first kappa shape index (κ1) is 14.9. The van der Waals surface area contributed by atoms with E-state index < -0.39 is 5.63 Å². The predicted molar refractivity (Wildman–Crippen MR) is 95.7 cm³/mol. The van der Waals surface area contributed by atoms with Crippen LogP contribution in [0.2, 0.25) is 5.02 Å². The normalized spacial score (nSPS) is 11.0. The van der Waals surface area contributed by atoms with Crippen LogP contribution < -0.4 is 5.63 Å². The minimum absolute atomic E-state index is 0.0491. The van der Waals surface area contributed by atoms with Crippen molar-refractivity contribution in [3.8, 4) is 27.6 Å². The molecule has 0 spiro atoms. The maximum absolute atomic E-state index is 12.2. The Morgan fingerprint density at radius 3 is 2.75 bits per heavy atom. The van der Waals surface area contributed by atoms with Crippen molar-refractivity contribution < 1.29 is 9.52 Å². The Balaban J connectivity index is 1.84. The Kier molecular flexibility index (Phi) is 3.59. The Morgan fingerprint density at radius 1 is 1.08 bits per heavy atom. The molecule has 0 aliphatic rings. The third-order valence-electron chi connectivity index (χ3n) is 3.60. The summed E-state index contributed by atoms with van der Waals surface area (Å²) in [6, 6.07) is 13.8. The van der Waals surface area contributed by atoms with Gasteiger partial charge in [-0.15, -0.1) is 11.3 Å². The van der Waals surface area contributed by atoms with Gasteiger partial charge in [-0.05, 0) is 24.3 Å². The van der Waals surface area contributed by atoms with E-state index in [9.17, 15) is 9.90 Å². The van der Waals surface area contributed by atoms with Crippen LogP contribution in [0.1, 0.15) is 0 Å². The number of rotatable bonds is 2. The number of aromatic nitrogens is 1. The zero-order valence-electron chi connectivity index (χ0n) is 12.2. The van der Waals surface area contributed by atoms with Crippen molar-refractivity contribution in [3.05, 3.63) is 69.4 Å². The van der Waals surface area contributed by atoms with E-state index in [0.29, 0.717) is 21.9 Å². The molecule has 0 bridgehead atoms. The van der Waals surface area contributed by atoms with Crippen LogP contribution in [0.25, 0.3) is 32.8 Å². The SMILES string of the molecule is O=c1oc2cc(O)ccc2cc1-c1csc(-c2ccccc2Cl)n1. The second-order valence-electron chi connectivity index (χ2n) is 5.19. The number of benzene rings is 2. The number of hydrogen-bond acceptors (Lipinski definition) is 5. The Bertz CT molecular complexity index is 1120. The molecular weight excluding hydrogens is 346 g/mol. The summed E-state index contributed by atoms with van der Waals surface area (Å²) in [5.74, 6) is 0.0491. The average molecular weight is 356 g/mol. The van der Waals surface area contributed by atoms with Crippen LogP contribution in [0.4, 0.5) is 0 Å². The van der Waals surface area contributed by atoms with Crippen LogP contribution in [0, 0.1) is 0 Å². The van der Waals surface area contributed by atoms with Crippen molar-refractivity contribution in [2.24, 2.45) is 0 Å². The molecule has 0 unspecified atom stereocenters.